The van der Waals surface area contributed by atoms with Gasteiger partial charge in [-0.1, -0.05) is 42.6 Å². The van der Waals surface area contributed by atoms with Crippen molar-refractivity contribution in [3.05, 3.63) is 62.9 Å². The lowest BCUT2D eigenvalue weighted by Crippen LogP contribution is -2.26. The molecule has 3 nitrogen and oxygen atoms in total. The van der Waals surface area contributed by atoms with Gasteiger partial charge in [-0.25, -0.2) is 4.98 Å². The molecule has 0 N–H and O–H groups in total. The van der Waals surface area contributed by atoms with Crippen LogP contribution in [0.15, 0.2) is 41.2 Å². The summed E-state index contributed by atoms with van der Waals surface area (Å²) in [6.07, 6.45) is 4.36. The maximum absolute atomic E-state index is 13.3. The Bertz CT molecular complexity index is 1020. The molecule has 25 heavy (non-hydrogen) atoms. The molecular formula is C21H21ClN2O. The van der Waals surface area contributed by atoms with Crippen LogP contribution in [-0.2, 0) is 0 Å². The van der Waals surface area contributed by atoms with Crippen molar-refractivity contribution in [3.8, 4) is 11.4 Å². The second-order valence-corrected chi connectivity index (χ2v) is 7.41. The standard InChI is InChI=1S/C21H21ClN2O/c1-13-10-11-16(18(22)12-13)20-23-19-14(2)6-5-9-17(19)21(25)24(20)15-7-3-4-8-15/h5-6,9-12,15H,3-4,7-8H2,1-2H3. The Morgan fingerprint density at radius 2 is 1.88 bits per heavy atom. The molecule has 4 heteroatoms. The summed E-state index contributed by atoms with van der Waals surface area (Å²) in [5, 5.41) is 1.34. The highest BCUT2D eigenvalue weighted by atomic mass is 35.5. The fourth-order valence-electron chi connectivity index (χ4n) is 3.86. The van der Waals surface area contributed by atoms with Crippen molar-refractivity contribution in [2.24, 2.45) is 0 Å². The van der Waals surface area contributed by atoms with Gasteiger partial charge < -0.3 is 0 Å². The first-order valence-electron chi connectivity index (χ1n) is 8.84. The molecule has 0 radical (unpaired) electrons. The third-order valence-corrected chi connectivity index (χ3v) is 5.50. The van der Waals surface area contributed by atoms with E-state index in [0.717, 1.165) is 47.9 Å². The molecule has 128 valence electrons. The number of aromatic nitrogens is 2. The SMILES string of the molecule is Cc1ccc(-c2nc3c(C)cccc3c(=O)n2C2CCCC2)c(Cl)c1. The molecule has 0 saturated heterocycles. The highest BCUT2D eigenvalue weighted by Crippen LogP contribution is 2.35. The van der Waals surface area contributed by atoms with Crippen LogP contribution in [0.3, 0.4) is 0 Å². The Kier molecular flexibility index (Phi) is 4.12. The Balaban J connectivity index is 2.08. The Morgan fingerprint density at radius 1 is 1.12 bits per heavy atom. The first-order valence-corrected chi connectivity index (χ1v) is 9.22. The number of fused-ring (bicyclic) bond motifs is 1. The van der Waals surface area contributed by atoms with E-state index in [1.54, 1.807) is 0 Å². The number of benzene rings is 2. The Hall–Kier alpha value is -2.13. The lowest BCUT2D eigenvalue weighted by molar-refractivity contribution is 0.505. The Labute approximate surface area is 152 Å². The van der Waals surface area contributed by atoms with Crippen molar-refractivity contribution < 1.29 is 0 Å². The van der Waals surface area contributed by atoms with E-state index in [-0.39, 0.29) is 11.6 Å². The van der Waals surface area contributed by atoms with E-state index in [1.165, 1.54) is 0 Å². The van der Waals surface area contributed by atoms with Crippen molar-refractivity contribution in [2.45, 2.75) is 45.6 Å². The predicted molar refractivity (Wildman–Crippen MR) is 103 cm³/mol. The molecule has 0 amide bonds. The summed E-state index contributed by atoms with van der Waals surface area (Å²) in [5.74, 6) is 0.698. The van der Waals surface area contributed by atoms with E-state index in [1.807, 2.05) is 54.8 Å². The number of aryl methyl sites for hydroxylation is 2. The molecule has 4 rings (SSSR count). The van der Waals surface area contributed by atoms with E-state index < -0.39 is 0 Å². The van der Waals surface area contributed by atoms with Gasteiger partial charge in [0.25, 0.3) is 5.56 Å². The van der Waals surface area contributed by atoms with Gasteiger partial charge in [-0.2, -0.15) is 0 Å². The maximum Gasteiger partial charge on any atom is 0.261 e. The van der Waals surface area contributed by atoms with Crippen LogP contribution in [0, 0.1) is 13.8 Å². The van der Waals surface area contributed by atoms with Gasteiger partial charge in [0.15, 0.2) is 0 Å². The van der Waals surface area contributed by atoms with Gasteiger partial charge >= 0.3 is 0 Å². The van der Waals surface area contributed by atoms with Crippen LogP contribution in [-0.4, -0.2) is 9.55 Å². The summed E-state index contributed by atoms with van der Waals surface area (Å²) >= 11 is 6.53. The molecule has 0 atom stereocenters. The number of rotatable bonds is 2. The second-order valence-electron chi connectivity index (χ2n) is 7.00. The monoisotopic (exact) mass is 352 g/mol. The molecule has 0 unspecified atom stereocenters. The average molecular weight is 353 g/mol. The number of hydrogen-bond acceptors (Lipinski definition) is 2. The van der Waals surface area contributed by atoms with Crippen LogP contribution in [0.25, 0.3) is 22.3 Å². The largest absolute Gasteiger partial charge is 0.289 e. The van der Waals surface area contributed by atoms with Crippen LogP contribution < -0.4 is 5.56 Å². The van der Waals surface area contributed by atoms with E-state index >= 15 is 0 Å². The van der Waals surface area contributed by atoms with Crippen LogP contribution in [0.2, 0.25) is 5.02 Å². The minimum atomic E-state index is 0.0484. The third-order valence-electron chi connectivity index (χ3n) is 5.19. The van der Waals surface area contributed by atoms with Gasteiger partial charge in [-0.3, -0.25) is 9.36 Å². The summed E-state index contributed by atoms with van der Waals surface area (Å²) in [7, 11) is 0. The molecule has 1 fully saturated rings. The summed E-state index contributed by atoms with van der Waals surface area (Å²) in [4.78, 5) is 18.2. The zero-order valence-corrected chi connectivity index (χ0v) is 15.3. The van der Waals surface area contributed by atoms with Crippen molar-refractivity contribution in [3.63, 3.8) is 0 Å². The lowest BCUT2D eigenvalue weighted by atomic mass is 10.1. The number of para-hydroxylation sites is 1. The summed E-state index contributed by atoms with van der Waals surface area (Å²) in [6, 6.07) is 11.9. The second kappa shape index (κ2) is 6.30. The zero-order chi connectivity index (χ0) is 17.6. The third kappa shape index (κ3) is 2.77. The van der Waals surface area contributed by atoms with Gasteiger partial charge in [0.1, 0.15) is 5.82 Å². The van der Waals surface area contributed by atoms with Gasteiger partial charge in [-0.05, 0) is 56.0 Å². The quantitative estimate of drug-likeness (QED) is 0.614. The van der Waals surface area contributed by atoms with Gasteiger partial charge in [0.2, 0.25) is 0 Å². The smallest absolute Gasteiger partial charge is 0.261 e. The highest BCUT2D eigenvalue weighted by Gasteiger charge is 2.24. The first-order chi connectivity index (χ1) is 12.1. The Morgan fingerprint density at radius 3 is 2.60 bits per heavy atom. The molecule has 1 aromatic heterocycles. The van der Waals surface area contributed by atoms with Crippen molar-refractivity contribution in [1.82, 2.24) is 9.55 Å². The topological polar surface area (TPSA) is 34.9 Å². The maximum atomic E-state index is 13.3. The zero-order valence-electron chi connectivity index (χ0n) is 14.6. The van der Waals surface area contributed by atoms with E-state index in [2.05, 4.69) is 0 Å². The molecule has 1 aliphatic carbocycles. The molecule has 3 aromatic rings. The van der Waals surface area contributed by atoms with E-state index in [0.29, 0.717) is 16.2 Å². The van der Waals surface area contributed by atoms with Crippen LogP contribution >= 0.6 is 11.6 Å². The fraction of sp³-hybridized carbons (Fsp3) is 0.333. The van der Waals surface area contributed by atoms with Crippen LogP contribution in [0.5, 0.6) is 0 Å². The lowest BCUT2D eigenvalue weighted by Gasteiger charge is -2.20. The molecular weight excluding hydrogens is 332 g/mol. The molecule has 0 spiro atoms. The minimum Gasteiger partial charge on any atom is -0.289 e. The summed E-state index contributed by atoms with van der Waals surface area (Å²) in [6.45, 7) is 4.01. The molecule has 0 bridgehead atoms. The van der Waals surface area contributed by atoms with Gasteiger partial charge in [-0.15, -0.1) is 0 Å². The molecule has 0 aliphatic heterocycles. The number of nitrogens with zero attached hydrogens (tertiary/aromatic N) is 2. The van der Waals surface area contributed by atoms with Crippen molar-refractivity contribution in [2.75, 3.05) is 0 Å². The normalized spacial score (nSPS) is 15.2. The minimum absolute atomic E-state index is 0.0484. The van der Waals surface area contributed by atoms with E-state index in [4.69, 9.17) is 16.6 Å². The van der Waals surface area contributed by atoms with Crippen LogP contribution in [0.1, 0.15) is 42.9 Å². The summed E-state index contributed by atoms with van der Waals surface area (Å²) in [5.41, 5.74) is 3.76. The average Bonchev–Trinajstić information content (AvgIpc) is 3.10. The predicted octanol–water partition coefficient (Wildman–Crippen LogP) is 5.45. The molecule has 2 aromatic carbocycles. The van der Waals surface area contributed by atoms with Crippen LogP contribution in [0.4, 0.5) is 0 Å². The number of halogens is 1. The fourth-order valence-corrected chi connectivity index (χ4v) is 4.18. The van der Waals surface area contributed by atoms with Crippen molar-refractivity contribution in [1.29, 1.82) is 0 Å². The molecule has 1 saturated carbocycles. The van der Waals surface area contributed by atoms with Crippen molar-refractivity contribution >= 4 is 22.5 Å². The number of hydrogen-bond donors (Lipinski definition) is 0. The summed E-state index contributed by atoms with van der Waals surface area (Å²) < 4.78 is 1.89. The first kappa shape index (κ1) is 16.3. The van der Waals surface area contributed by atoms with Gasteiger partial charge in [0.05, 0.1) is 15.9 Å². The highest BCUT2D eigenvalue weighted by molar-refractivity contribution is 6.33. The van der Waals surface area contributed by atoms with Gasteiger partial charge in [0, 0.05) is 11.6 Å². The molecule has 1 heterocycles. The van der Waals surface area contributed by atoms with E-state index in [9.17, 15) is 4.79 Å². The molecule has 1 aliphatic rings.